The molecule has 0 unspecified atom stereocenters. The minimum Gasteiger partial charge on any atom is -0.352 e. The first-order valence-corrected chi connectivity index (χ1v) is 8.42. The van der Waals surface area contributed by atoms with Gasteiger partial charge in [-0.1, -0.05) is 26.8 Å². The van der Waals surface area contributed by atoms with Gasteiger partial charge in [-0.15, -0.1) is 0 Å². The van der Waals surface area contributed by atoms with Crippen molar-refractivity contribution in [2.75, 3.05) is 6.54 Å². The zero-order chi connectivity index (χ0) is 14.6. The molecule has 0 radical (unpaired) electrons. The molecule has 1 N–H and O–H groups in total. The maximum Gasteiger partial charge on any atom is 0.261 e. The molecular formula is C13H18ClNO3S. The molecule has 0 aliphatic rings. The number of hydrogen-bond donors (Lipinski definition) is 1. The molecule has 1 aromatic rings. The van der Waals surface area contributed by atoms with Gasteiger partial charge in [0.05, 0.1) is 4.90 Å². The van der Waals surface area contributed by atoms with Crippen LogP contribution in [0.25, 0.3) is 0 Å². The maximum atomic E-state index is 11.9. The van der Waals surface area contributed by atoms with Gasteiger partial charge in [-0.25, -0.2) is 8.42 Å². The monoisotopic (exact) mass is 303 g/mol. The average molecular weight is 304 g/mol. The zero-order valence-electron chi connectivity index (χ0n) is 11.2. The van der Waals surface area contributed by atoms with E-state index in [1.807, 2.05) is 20.8 Å². The van der Waals surface area contributed by atoms with Gasteiger partial charge in [0.15, 0.2) is 0 Å². The SMILES string of the molecule is CCc1ccc(C(=O)NCC(C)C)cc1S(=O)(=O)Cl. The number of nitrogens with one attached hydrogen (secondary N) is 1. The summed E-state index contributed by atoms with van der Waals surface area (Å²) in [6.45, 7) is 6.33. The number of carbonyl (C=O) groups excluding carboxylic acids is 1. The molecule has 4 nitrogen and oxygen atoms in total. The molecule has 0 atom stereocenters. The van der Waals surface area contributed by atoms with Crippen LogP contribution in [0.1, 0.15) is 36.7 Å². The Labute approximate surface area is 118 Å². The second-order valence-electron chi connectivity index (χ2n) is 4.72. The first-order valence-electron chi connectivity index (χ1n) is 6.11. The first-order chi connectivity index (χ1) is 8.75. The molecule has 0 aromatic heterocycles. The van der Waals surface area contributed by atoms with Crippen LogP contribution >= 0.6 is 10.7 Å². The van der Waals surface area contributed by atoms with E-state index in [9.17, 15) is 13.2 Å². The Bertz CT molecular complexity index is 567. The third-order valence-corrected chi connectivity index (χ3v) is 4.05. The van der Waals surface area contributed by atoms with Crippen LogP contribution in [0.4, 0.5) is 0 Å². The Balaban J connectivity index is 3.09. The lowest BCUT2D eigenvalue weighted by atomic mass is 10.1. The number of hydrogen-bond acceptors (Lipinski definition) is 3. The van der Waals surface area contributed by atoms with Crippen molar-refractivity contribution in [3.63, 3.8) is 0 Å². The standard InChI is InChI=1S/C13H18ClNO3S/c1-4-10-5-6-11(7-12(10)19(14,17)18)13(16)15-8-9(2)3/h5-7,9H,4,8H2,1-3H3,(H,15,16). The van der Waals surface area contributed by atoms with Crippen molar-refractivity contribution in [1.82, 2.24) is 5.32 Å². The lowest BCUT2D eigenvalue weighted by Crippen LogP contribution is -2.27. The number of aryl methyl sites for hydroxylation is 1. The van der Waals surface area contributed by atoms with Gasteiger partial charge in [-0.2, -0.15) is 0 Å². The number of benzene rings is 1. The fourth-order valence-corrected chi connectivity index (χ4v) is 2.84. The second kappa shape index (κ2) is 6.39. The molecule has 106 valence electrons. The van der Waals surface area contributed by atoms with Gasteiger partial charge in [0.25, 0.3) is 15.0 Å². The molecule has 0 saturated heterocycles. The summed E-state index contributed by atoms with van der Waals surface area (Å²) in [5.74, 6) is 0.0352. The molecule has 1 amide bonds. The van der Waals surface area contributed by atoms with Crippen LogP contribution in [-0.2, 0) is 15.5 Å². The Morgan fingerprint density at radius 1 is 1.37 bits per heavy atom. The van der Waals surface area contributed by atoms with Crippen molar-refractivity contribution in [2.45, 2.75) is 32.1 Å². The van der Waals surface area contributed by atoms with Crippen LogP contribution in [0, 0.1) is 5.92 Å². The molecule has 0 spiro atoms. The Hall–Kier alpha value is -1.07. The van der Waals surface area contributed by atoms with Gasteiger partial charge in [0, 0.05) is 22.8 Å². The highest BCUT2D eigenvalue weighted by atomic mass is 35.7. The number of carbonyl (C=O) groups is 1. The fourth-order valence-electron chi connectivity index (χ4n) is 1.61. The largest absolute Gasteiger partial charge is 0.352 e. The van der Waals surface area contributed by atoms with E-state index in [4.69, 9.17) is 10.7 Å². The summed E-state index contributed by atoms with van der Waals surface area (Å²) in [4.78, 5) is 11.9. The number of rotatable bonds is 5. The van der Waals surface area contributed by atoms with E-state index in [0.29, 0.717) is 30.0 Å². The van der Waals surface area contributed by atoms with Gasteiger partial charge in [-0.05, 0) is 30.0 Å². The normalized spacial score (nSPS) is 11.6. The van der Waals surface area contributed by atoms with Crippen molar-refractivity contribution >= 4 is 25.6 Å². The zero-order valence-corrected chi connectivity index (χ0v) is 12.8. The first kappa shape index (κ1) is 16.0. The van der Waals surface area contributed by atoms with Crippen molar-refractivity contribution < 1.29 is 13.2 Å². The van der Waals surface area contributed by atoms with Crippen molar-refractivity contribution in [3.05, 3.63) is 29.3 Å². The molecule has 1 aromatic carbocycles. The molecule has 0 heterocycles. The van der Waals surface area contributed by atoms with E-state index in [0.717, 1.165) is 0 Å². The van der Waals surface area contributed by atoms with Crippen LogP contribution in [-0.4, -0.2) is 20.9 Å². The summed E-state index contributed by atoms with van der Waals surface area (Å²) in [5.41, 5.74) is 0.910. The molecule has 0 aliphatic heterocycles. The molecule has 0 fully saturated rings. The van der Waals surface area contributed by atoms with E-state index < -0.39 is 9.05 Å². The summed E-state index contributed by atoms with van der Waals surface area (Å²) < 4.78 is 23.0. The van der Waals surface area contributed by atoms with E-state index in [1.54, 1.807) is 12.1 Å². The van der Waals surface area contributed by atoms with E-state index in [1.165, 1.54) is 6.07 Å². The summed E-state index contributed by atoms with van der Waals surface area (Å²) in [6.07, 6.45) is 0.537. The topological polar surface area (TPSA) is 63.2 Å². The molecule has 0 aliphatic carbocycles. The van der Waals surface area contributed by atoms with Crippen LogP contribution in [0.2, 0.25) is 0 Å². The van der Waals surface area contributed by atoms with E-state index in [-0.39, 0.29) is 10.8 Å². The second-order valence-corrected chi connectivity index (χ2v) is 7.25. The summed E-state index contributed by atoms with van der Waals surface area (Å²) in [5, 5.41) is 2.74. The van der Waals surface area contributed by atoms with E-state index in [2.05, 4.69) is 5.32 Å². The molecule has 0 saturated carbocycles. The highest BCUT2D eigenvalue weighted by Crippen LogP contribution is 2.22. The fraction of sp³-hybridized carbons (Fsp3) is 0.462. The van der Waals surface area contributed by atoms with Gasteiger partial charge in [-0.3, -0.25) is 4.79 Å². The molecule has 19 heavy (non-hydrogen) atoms. The smallest absolute Gasteiger partial charge is 0.261 e. The van der Waals surface area contributed by atoms with Crippen LogP contribution < -0.4 is 5.32 Å². The Kier molecular flexibility index (Phi) is 5.38. The highest BCUT2D eigenvalue weighted by molar-refractivity contribution is 8.13. The highest BCUT2D eigenvalue weighted by Gasteiger charge is 2.17. The van der Waals surface area contributed by atoms with Crippen molar-refractivity contribution in [3.8, 4) is 0 Å². The lowest BCUT2D eigenvalue weighted by Gasteiger charge is -2.10. The third kappa shape index (κ3) is 4.51. The van der Waals surface area contributed by atoms with Gasteiger partial charge >= 0.3 is 0 Å². The summed E-state index contributed by atoms with van der Waals surface area (Å²) >= 11 is 0. The summed E-state index contributed by atoms with van der Waals surface area (Å²) in [7, 11) is 1.55. The number of amides is 1. The Morgan fingerprint density at radius 3 is 2.47 bits per heavy atom. The van der Waals surface area contributed by atoms with Gasteiger partial charge in [0.1, 0.15) is 0 Å². The van der Waals surface area contributed by atoms with Crippen molar-refractivity contribution in [1.29, 1.82) is 0 Å². The maximum absolute atomic E-state index is 11.9. The average Bonchev–Trinajstić information content (AvgIpc) is 2.34. The lowest BCUT2D eigenvalue weighted by molar-refractivity contribution is 0.0949. The van der Waals surface area contributed by atoms with E-state index >= 15 is 0 Å². The molecule has 0 bridgehead atoms. The molecule has 6 heteroatoms. The quantitative estimate of drug-likeness (QED) is 0.850. The van der Waals surface area contributed by atoms with Gasteiger partial charge < -0.3 is 5.32 Å². The third-order valence-electron chi connectivity index (χ3n) is 2.64. The molecule has 1 rings (SSSR count). The molecular weight excluding hydrogens is 286 g/mol. The van der Waals surface area contributed by atoms with Crippen LogP contribution in [0.15, 0.2) is 23.1 Å². The predicted octanol–water partition coefficient (Wildman–Crippen LogP) is 2.56. The van der Waals surface area contributed by atoms with Crippen molar-refractivity contribution in [2.24, 2.45) is 5.92 Å². The van der Waals surface area contributed by atoms with Crippen LogP contribution in [0.5, 0.6) is 0 Å². The minimum atomic E-state index is -3.84. The Morgan fingerprint density at radius 2 is 2.00 bits per heavy atom. The minimum absolute atomic E-state index is 0.00821. The number of halogens is 1. The summed E-state index contributed by atoms with van der Waals surface area (Å²) in [6, 6.07) is 4.57. The predicted molar refractivity (Wildman–Crippen MR) is 76.0 cm³/mol. The van der Waals surface area contributed by atoms with Crippen LogP contribution in [0.3, 0.4) is 0 Å². The van der Waals surface area contributed by atoms with Gasteiger partial charge in [0.2, 0.25) is 0 Å².